The molecule has 4 rings (SSSR count). The van der Waals surface area contributed by atoms with Crippen molar-refractivity contribution in [1.82, 2.24) is 5.32 Å². The zero-order valence-electron chi connectivity index (χ0n) is 16.8. The third-order valence-electron chi connectivity index (χ3n) is 6.14. The second kappa shape index (κ2) is 7.93. The van der Waals surface area contributed by atoms with Crippen LogP contribution in [0.15, 0.2) is 46.8 Å². The minimum atomic E-state index is -4.45. The standard InChI is InChI=1S/C23H24F3NO3/c1-13-19(22(29)30-16-5-2-3-6-16)20(21-17(27-13)7-4-8-18(21)28)14-9-11-15(12-10-14)23(24,25)26/h9-12,16,20,27H,2-8H2,1H3/t20-/m1/s1. The van der Waals surface area contributed by atoms with Crippen molar-refractivity contribution in [3.63, 3.8) is 0 Å². The monoisotopic (exact) mass is 419 g/mol. The van der Waals surface area contributed by atoms with Crippen molar-refractivity contribution in [3.8, 4) is 0 Å². The smallest absolute Gasteiger partial charge is 0.416 e. The Balaban J connectivity index is 1.75. The van der Waals surface area contributed by atoms with Gasteiger partial charge in [-0.2, -0.15) is 13.2 Å². The number of alkyl halides is 3. The third-order valence-corrected chi connectivity index (χ3v) is 6.14. The van der Waals surface area contributed by atoms with Gasteiger partial charge in [-0.15, -0.1) is 0 Å². The topological polar surface area (TPSA) is 55.4 Å². The lowest BCUT2D eigenvalue weighted by Crippen LogP contribution is -2.35. The molecule has 30 heavy (non-hydrogen) atoms. The minimum Gasteiger partial charge on any atom is -0.459 e. The van der Waals surface area contributed by atoms with Crippen LogP contribution in [0, 0.1) is 0 Å². The van der Waals surface area contributed by atoms with Gasteiger partial charge in [-0.05, 0) is 63.1 Å². The van der Waals surface area contributed by atoms with Gasteiger partial charge < -0.3 is 10.1 Å². The number of rotatable bonds is 3. The van der Waals surface area contributed by atoms with Gasteiger partial charge in [0.15, 0.2) is 5.78 Å². The van der Waals surface area contributed by atoms with Crippen LogP contribution in [0.2, 0.25) is 0 Å². The van der Waals surface area contributed by atoms with Crippen molar-refractivity contribution >= 4 is 11.8 Å². The first-order valence-electron chi connectivity index (χ1n) is 10.4. The maximum atomic E-state index is 13.1. The van der Waals surface area contributed by atoms with Crippen LogP contribution < -0.4 is 5.32 Å². The number of carbonyl (C=O) groups is 2. The number of ketones is 1. The number of esters is 1. The van der Waals surface area contributed by atoms with Crippen LogP contribution in [0.25, 0.3) is 0 Å². The highest BCUT2D eigenvalue weighted by atomic mass is 19.4. The molecule has 7 heteroatoms. The number of hydrogen-bond acceptors (Lipinski definition) is 4. The highest BCUT2D eigenvalue weighted by molar-refractivity contribution is 6.03. The van der Waals surface area contributed by atoms with Gasteiger partial charge in [0.25, 0.3) is 0 Å². The van der Waals surface area contributed by atoms with E-state index in [0.29, 0.717) is 41.7 Å². The Bertz CT molecular complexity index is 922. The van der Waals surface area contributed by atoms with Crippen LogP contribution >= 0.6 is 0 Å². The number of ether oxygens (including phenoxy) is 1. The average molecular weight is 419 g/mol. The molecule has 0 saturated heterocycles. The van der Waals surface area contributed by atoms with Gasteiger partial charge in [-0.3, -0.25) is 4.79 Å². The maximum absolute atomic E-state index is 13.1. The van der Waals surface area contributed by atoms with E-state index in [0.717, 1.165) is 43.5 Å². The molecule has 1 fully saturated rings. The normalized spacial score (nSPS) is 22.8. The molecule has 160 valence electrons. The molecule has 4 nitrogen and oxygen atoms in total. The van der Waals surface area contributed by atoms with Crippen LogP contribution in [0.5, 0.6) is 0 Å². The van der Waals surface area contributed by atoms with E-state index in [4.69, 9.17) is 4.74 Å². The fraction of sp³-hybridized carbons (Fsp3) is 0.478. The molecule has 1 aromatic rings. The Morgan fingerprint density at radius 1 is 1.07 bits per heavy atom. The zero-order valence-corrected chi connectivity index (χ0v) is 16.8. The van der Waals surface area contributed by atoms with Gasteiger partial charge in [0.1, 0.15) is 6.10 Å². The molecule has 0 bridgehead atoms. The molecule has 0 radical (unpaired) electrons. The number of halogens is 3. The predicted molar refractivity (Wildman–Crippen MR) is 104 cm³/mol. The quantitative estimate of drug-likeness (QED) is 0.688. The van der Waals surface area contributed by atoms with Gasteiger partial charge in [-0.25, -0.2) is 4.79 Å². The molecule has 1 aromatic carbocycles. The highest BCUT2D eigenvalue weighted by Crippen LogP contribution is 2.43. The van der Waals surface area contributed by atoms with Crippen LogP contribution in [-0.4, -0.2) is 17.9 Å². The molecule has 1 N–H and O–H groups in total. The zero-order chi connectivity index (χ0) is 21.5. The summed E-state index contributed by atoms with van der Waals surface area (Å²) in [5, 5.41) is 3.20. The molecule has 0 unspecified atom stereocenters. The summed E-state index contributed by atoms with van der Waals surface area (Å²) >= 11 is 0. The average Bonchev–Trinajstić information content (AvgIpc) is 3.19. The number of dihydropyridines is 1. The third kappa shape index (κ3) is 3.89. The number of hydrogen-bond donors (Lipinski definition) is 1. The van der Waals surface area contributed by atoms with E-state index in [2.05, 4.69) is 5.32 Å². The van der Waals surface area contributed by atoms with E-state index in [-0.39, 0.29) is 11.9 Å². The van der Waals surface area contributed by atoms with Crippen LogP contribution in [0.4, 0.5) is 13.2 Å². The summed E-state index contributed by atoms with van der Waals surface area (Å²) in [6.07, 6.45) is 0.764. The fourth-order valence-corrected chi connectivity index (χ4v) is 4.67. The maximum Gasteiger partial charge on any atom is 0.416 e. The number of Topliss-reactive ketones (excluding diaryl/α,β-unsaturated/α-hetero) is 1. The van der Waals surface area contributed by atoms with Crippen molar-refractivity contribution < 1.29 is 27.5 Å². The summed E-state index contributed by atoms with van der Waals surface area (Å²) in [7, 11) is 0. The largest absolute Gasteiger partial charge is 0.459 e. The molecule has 0 aromatic heterocycles. The molecule has 0 amide bonds. The molecule has 1 aliphatic heterocycles. The molecule has 3 aliphatic rings. The van der Waals surface area contributed by atoms with E-state index in [1.54, 1.807) is 6.92 Å². The molecular formula is C23H24F3NO3. The lowest BCUT2D eigenvalue weighted by atomic mass is 9.75. The van der Waals surface area contributed by atoms with E-state index in [1.165, 1.54) is 12.1 Å². The molecule has 0 spiro atoms. The van der Waals surface area contributed by atoms with Crippen LogP contribution in [-0.2, 0) is 20.5 Å². The molecule has 1 atom stereocenters. The SMILES string of the molecule is CC1=C(C(=O)OC2CCCC2)[C@@H](c2ccc(C(F)(F)F)cc2)C2=C(CCCC2=O)N1. The van der Waals surface area contributed by atoms with Crippen molar-refractivity contribution in [2.45, 2.75) is 70.1 Å². The van der Waals surface area contributed by atoms with Gasteiger partial charge in [-0.1, -0.05) is 12.1 Å². The fourth-order valence-electron chi connectivity index (χ4n) is 4.67. The summed E-state index contributed by atoms with van der Waals surface area (Å²) in [4.78, 5) is 25.9. The molecule has 1 saturated carbocycles. The number of carbonyl (C=O) groups excluding carboxylic acids is 2. The van der Waals surface area contributed by atoms with Crippen LogP contribution in [0.1, 0.15) is 68.9 Å². The first-order chi connectivity index (χ1) is 14.3. The van der Waals surface area contributed by atoms with Gasteiger partial charge in [0, 0.05) is 29.3 Å². The lowest BCUT2D eigenvalue weighted by Gasteiger charge is -2.34. The number of nitrogens with one attached hydrogen (secondary N) is 1. The first kappa shape index (κ1) is 20.7. The summed E-state index contributed by atoms with van der Waals surface area (Å²) in [6.45, 7) is 1.76. The van der Waals surface area contributed by atoms with Gasteiger partial charge in [0.05, 0.1) is 11.1 Å². The van der Waals surface area contributed by atoms with Crippen molar-refractivity contribution in [2.75, 3.05) is 0 Å². The van der Waals surface area contributed by atoms with E-state index < -0.39 is 23.6 Å². The molecule has 2 aliphatic carbocycles. The summed E-state index contributed by atoms with van der Waals surface area (Å²) in [5.74, 6) is -1.29. The lowest BCUT2D eigenvalue weighted by molar-refractivity contribution is -0.144. The molecular weight excluding hydrogens is 395 g/mol. The van der Waals surface area contributed by atoms with Gasteiger partial charge in [0.2, 0.25) is 0 Å². The Morgan fingerprint density at radius 3 is 2.37 bits per heavy atom. The Labute approximate surface area is 173 Å². The van der Waals surface area contributed by atoms with Gasteiger partial charge >= 0.3 is 12.1 Å². The van der Waals surface area contributed by atoms with Crippen molar-refractivity contribution in [3.05, 3.63) is 57.9 Å². The highest BCUT2D eigenvalue weighted by Gasteiger charge is 2.40. The summed E-state index contributed by atoms with van der Waals surface area (Å²) < 4.78 is 44.8. The molecule has 1 heterocycles. The number of allylic oxidation sites excluding steroid dienone is 3. The first-order valence-corrected chi connectivity index (χ1v) is 10.4. The summed E-state index contributed by atoms with van der Waals surface area (Å²) in [5.41, 5.74) is 1.87. The van der Waals surface area contributed by atoms with Crippen molar-refractivity contribution in [2.24, 2.45) is 0 Å². The van der Waals surface area contributed by atoms with E-state index in [9.17, 15) is 22.8 Å². The van der Waals surface area contributed by atoms with Crippen LogP contribution in [0.3, 0.4) is 0 Å². The Kier molecular flexibility index (Phi) is 5.47. The van der Waals surface area contributed by atoms with E-state index in [1.807, 2.05) is 0 Å². The Morgan fingerprint density at radius 2 is 1.73 bits per heavy atom. The second-order valence-corrected chi connectivity index (χ2v) is 8.20. The second-order valence-electron chi connectivity index (χ2n) is 8.20. The van der Waals surface area contributed by atoms with E-state index >= 15 is 0 Å². The number of benzene rings is 1. The minimum absolute atomic E-state index is 0.0766. The predicted octanol–water partition coefficient (Wildman–Crippen LogP) is 5.16. The summed E-state index contributed by atoms with van der Waals surface area (Å²) in [6, 6.07) is 4.73. The van der Waals surface area contributed by atoms with Crippen molar-refractivity contribution in [1.29, 1.82) is 0 Å². The Hall–Kier alpha value is -2.57.